The maximum Gasteiger partial charge on any atom is 0.126 e. The van der Waals surface area contributed by atoms with E-state index in [1.54, 1.807) is 18.5 Å². The molecule has 4 nitrogen and oxygen atoms in total. The number of anilines is 2. The fraction of sp³-hybridized carbons (Fsp3) is 0.286. The first-order chi connectivity index (χ1) is 9.22. The number of nitrogen functional groups attached to an aromatic ring is 1. The molecule has 2 heterocycles. The number of rotatable bonds is 4. The average Bonchev–Trinajstić information content (AvgIpc) is 3.24. The molecule has 1 fully saturated rings. The highest BCUT2D eigenvalue weighted by atomic mass is 35.5. The molecule has 1 aliphatic rings. The largest absolute Gasteiger partial charge is 0.384 e. The number of nitrogens with one attached hydrogen (secondary N) is 1. The highest BCUT2D eigenvalue weighted by Crippen LogP contribution is 2.31. The molecule has 0 unspecified atom stereocenters. The summed E-state index contributed by atoms with van der Waals surface area (Å²) in [6, 6.07) is 5.69. The summed E-state index contributed by atoms with van der Waals surface area (Å²) in [6.45, 7) is 0.989. The zero-order valence-corrected chi connectivity index (χ0v) is 11.2. The standard InChI is InChI=1S/C14H15ClN4/c15-12-8-18-13(16)6-11(12)10-3-4-17-14(5-10)19-7-9-1-2-9/h3-6,8-9H,1-2,7H2,(H2,16,18)(H,17,19). The van der Waals surface area contributed by atoms with Gasteiger partial charge in [-0.1, -0.05) is 11.6 Å². The maximum atomic E-state index is 6.16. The van der Waals surface area contributed by atoms with Crippen molar-refractivity contribution in [2.75, 3.05) is 17.6 Å². The van der Waals surface area contributed by atoms with Crippen LogP contribution in [0.3, 0.4) is 0 Å². The number of nitrogens with two attached hydrogens (primary N) is 1. The number of hydrogen-bond donors (Lipinski definition) is 2. The molecule has 3 N–H and O–H groups in total. The molecule has 0 radical (unpaired) electrons. The van der Waals surface area contributed by atoms with Gasteiger partial charge in [-0.25, -0.2) is 9.97 Å². The van der Waals surface area contributed by atoms with Gasteiger partial charge in [0.25, 0.3) is 0 Å². The fourth-order valence-electron chi connectivity index (χ4n) is 1.94. The van der Waals surface area contributed by atoms with Gasteiger partial charge in [0.2, 0.25) is 0 Å². The Morgan fingerprint density at radius 1 is 1.32 bits per heavy atom. The SMILES string of the molecule is Nc1cc(-c2ccnc(NCC3CC3)c2)c(Cl)cn1. The second-order valence-corrected chi connectivity index (χ2v) is 5.25. The predicted octanol–water partition coefficient (Wildman–Crippen LogP) is 3.20. The van der Waals surface area contributed by atoms with Gasteiger partial charge in [0.05, 0.1) is 5.02 Å². The zero-order chi connectivity index (χ0) is 13.2. The molecule has 0 saturated heterocycles. The Hall–Kier alpha value is -1.81. The van der Waals surface area contributed by atoms with Crippen LogP contribution in [-0.4, -0.2) is 16.5 Å². The first-order valence-corrected chi connectivity index (χ1v) is 6.71. The summed E-state index contributed by atoms with van der Waals surface area (Å²) in [6.07, 6.45) is 5.99. The summed E-state index contributed by atoms with van der Waals surface area (Å²) in [5.41, 5.74) is 7.58. The second-order valence-electron chi connectivity index (χ2n) is 4.84. The van der Waals surface area contributed by atoms with Crippen molar-refractivity contribution in [3.8, 4) is 11.1 Å². The third kappa shape index (κ3) is 2.96. The van der Waals surface area contributed by atoms with E-state index in [9.17, 15) is 0 Å². The van der Waals surface area contributed by atoms with Crippen LogP contribution in [0.5, 0.6) is 0 Å². The minimum Gasteiger partial charge on any atom is -0.384 e. The molecule has 3 rings (SSSR count). The summed E-state index contributed by atoms with van der Waals surface area (Å²) in [7, 11) is 0. The zero-order valence-electron chi connectivity index (χ0n) is 10.4. The molecule has 0 amide bonds. The first-order valence-electron chi connectivity index (χ1n) is 6.33. The molecule has 0 aromatic carbocycles. The molecule has 0 bridgehead atoms. The Morgan fingerprint density at radius 3 is 2.95 bits per heavy atom. The van der Waals surface area contributed by atoms with Crippen LogP contribution < -0.4 is 11.1 Å². The normalized spacial score (nSPS) is 14.4. The fourth-order valence-corrected chi connectivity index (χ4v) is 2.15. The third-order valence-corrected chi connectivity index (χ3v) is 3.52. The van der Waals surface area contributed by atoms with Crippen molar-refractivity contribution in [2.24, 2.45) is 5.92 Å². The summed E-state index contributed by atoms with van der Waals surface area (Å²) in [5.74, 6) is 2.14. The molecule has 5 heteroatoms. The number of halogens is 1. The van der Waals surface area contributed by atoms with Crippen LogP contribution in [-0.2, 0) is 0 Å². The molecule has 2 aromatic rings. The third-order valence-electron chi connectivity index (χ3n) is 3.22. The quantitative estimate of drug-likeness (QED) is 0.899. The highest BCUT2D eigenvalue weighted by molar-refractivity contribution is 6.33. The second kappa shape index (κ2) is 5.05. The number of aromatic nitrogens is 2. The Balaban J connectivity index is 1.86. The van der Waals surface area contributed by atoms with Gasteiger partial charge in [-0.15, -0.1) is 0 Å². The molecule has 0 aliphatic heterocycles. The maximum absolute atomic E-state index is 6.16. The summed E-state index contributed by atoms with van der Waals surface area (Å²) >= 11 is 6.16. The molecular formula is C14H15ClN4. The lowest BCUT2D eigenvalue weighted by Crippen LogP contribution is -2.04. The smallest absolute Gasteiger partial charge is 0.126 e. The first kappa shape index (κ1) is 12.2. The van der Waals surface area contributed by atoms with Gasteiger partial charge in [-0.3, -0.25) is 0 Å². The Morgan fingerprint density at radius 2 is 2.16 bits per heavy atom. The van der Waals surface area contributed by atoms with E-state index in [-0.39, 0.29) is 0 Å². The van der Waals surface area contributed by atoms with E-state index in [4.69, 9.17) is 17.3 Å². The molecule has 19 heavy (non-hydrogen) atoms. The average molecular weight is 275 g/mol. The van der Waals surface area contributed by atoms with Gasteiger partial charge in [-0.05, 0) is 42.5 Å². The number of hydrogen-bond acceptors (Lipinski definition) is 4. The predicted molar refractivity (Wildman–Crippen MR) is 78.1 cm³/mol. The number of pyridine rings is 2. The van der Waals surface area contributed by atoms with Crippen molar-refractivity contribution >= 4 is 23.2 Å². The van der Waals surface area contributed by atoms with Gasteiger partial charge in [0, 0.05) is 24.5 Å². The van der Waals surface area contributed by atoms with E-state index >= 15 is 0 Å². The van der Waals surface area contributed by atoms with E-state index in [1.807, 2.05) is 12.1 Å². The van der Waals surface area contributed by atoms with E-state index in [1.165, 1.54) is 12.8 Å². The molecule has 98 valence electrons. The van der Waals surface area contributed by atoms with Crippen LogP contribution in [0, 0.1) is 5.92 Å². The lowest BCUT2D eigenvalue weighted by molar-refractivity contribution is 0.883. The summed E-state index contributed by atoms with van der Waals surface area (Å²) in [4.78, 5) is 8.29. The highest BCUT2D eigenvalue weighted by Gasteiger charge is 2.20. The minimum atomic E-state index is 0.462. The van der Waals surface area contributed by atoms with Crippen molar-refractivity contribution in [1.82, 2.24) is 9.97 Å². The van der Waals surface area contributed by atoms with E-state index in [0.717, 1.165) is 29.4 Å². The Bertz CT molecular complexity index is 596. The van der Waals surface area contributed by atoms with E-state index in [0.29, 0.717) is 10.8 Å². The Labute approximate surface area is 117 Å². The lowest BCUT2D eigenvalue weighted by atomic mass is 10.1. The van der Waals surface area contributed by atoms with Crippen molar-refractivity contribution < 1.29 is 0 Å². The van der Waals surface area contributed by atoms with Crippen molar-refractivity contribution in [2.45, 2.75) is 12.8 Å². The summed E-state index contributed by atoms with van der Waals surface area (Å²) in [5, 5.41) is 3.94. The van der Waals surface area contributed by atoms with Crippen LogP contribution >= 0.6 is 11.6 Å². The molecule has 0 spiro atoms. The minimum absolute atomic E-state index is 0.462. The van der Waals surface area contributed by atoms with Gasteiger partial charge < -0.3 is 11.1 Å². The van der Waals surface area contributed by atoms with Gasteiger partial charge >= 0.3 is 0 Å². The summed E-state index contributed by atoms with van der Waals surface area (Å²) < 4.78 is 0. The molecule has 0 atom stereocenters. The van der Waals surface area contributed by atoms with Gasteiger partial charge in [0.15, 0.2) is 0 Å². The monoisotopic (exact) mass is 274 g/mol. The molecular weight excluding hydrogens is 260 g/mol. The van der Waals surface area contributed by atoms with Gasteiger partial charge in [0.1, 0.15) is 11.6 Å². The van der Waals surface area contributed by atoms with Crippen LogP contribution in [0.1, 0.15) is 12.8 Å². The van der Waals surface area contributed by atoms with Crippen LogP contribution in [0.2, 0.25) is 5.02 Å². The van der Waals surface area contributed by atoms with E-state index < -0.39 is 0 Å². The van der Waals surface area contributed by atoms with Crippen molar-refractivity contribution in [3.05, 3.63) is 35.6 Å². The van der Waals surface area contributed by atoms with E-state index in [2.05, 4.69) is 15.3 Å². The van der Waals surface area contributed by atoms with Crippen molar-refractivity contribution in [1.29, 1.82) is 0 Å². The topological polar surface area (TPSA) is 63.8 Å². The molecule has 2 aromatic heterocycles. The number of nitrogens with zero attached hydrogens (tertiary/aromatic N) is 2. The van der Waals surface area contributed by atoms with Crippen LogP contribution in [0.4, 0.5) is 11.6 Å². The van der Waals surface area contributed by atoms with Crippen LogP contribution in [0.25, 0.3) is 11.1 Å². The van der Waals surface area contributed by atoms with Crippen molar-refractivity contribution in [3.63, 3.8) is 0 Å². The van der Waals surface area contributed by atoms with Crippen LogP contribution in [0.15, 0.2) is 30.6 Å². The lowest BCUT2D eigenvalue weighted by Gasteiger charge is -2.08. The molecule has 1 saturated carbocycles. The Kier molecular flexibility index (Phi) is 3.25. The van der Waals surface area contributed by atoms with Gasteiger partial charge in [-0.2, -0.15) is 0 Å². The molecule has 1 aliphatic carbocycles.